The summed E-state index contributed by atoms with van der Waals surface area (Å²) in [6.45, 7) is 0.781. The van der Waals surface area contributed by atoms with Gasteiger partial charge in [0.2, 0.25) is 9.84 Å². The summed E-state index contributed by atoms with van der Waals surface area (Å²) in [5, 5.41) is 0. The molecule has 0 radical (unpaired) electrons. The Morgan fingerprint density at radius 3 is 2.44 bits per heavy atom. The number of ether oxygens (including phenoxy) is 1. The predicted octanol–water partition coefficient (Wildman–Crippen LogP) is 2.56. The van der Waals surface area contributed by atoms with Crippen molar-refractivity contribution in [2.24, 2.45) is 0 Å². The Labute approximate surface area is 143 Å². The third-order valence-electron chi connectivity index (χ3n) is 3.44. The Morgan fingerprint density at radius 1 is 1.24 bits per heavy atom. The van der Waals surface area contributed by atoms with E-state index in [-0.39, 0.29) is 18.7 Å². The summed E-state index contributed by atoms with van der Waals surface area (Å²) in [6.07, 6.45) is 1.48. The van der Waals surface area contributed by atoms with E-state index in [1.807, 2.05) is 0 Å². The summed E-state index contributed by atoms with van der Waals surface area (Å²) in [4.78, 5) is 13.5. The molecule has 0 saturated heterocycles. The fraction of sp³-hybridized carbons (Fsp3) is 0.312. The van der Waals surface area contributed by atoms with E-state index in [1.165, 1.54) is 30.4 Å². The second-order valence-electron chi connectivity index (χ2n) is 5.13. The molecule has 136 valence electrons. The minimum atomic E-state index is -4.69. The summed E-state index contributed by atoms with van der Waals surface area (Å²) in [5.74, 6) is -3.33. The Kier molecular flexibility index (Phi) is 6.27. The molecule has 1 aromatic heterocycles. The summed E-state index contributed by atoms with van der Waals surface area (Å²) in [5.41, 5.74) is 0.177. The summed E-state index contributed by atoms with van der Waals surface area (Å²) in [6, 6.07) is 7.81. The second-order valence-corrected chi connectivity index (χ2v) is 7.05. The maximum Gasteiger partial charge on any atom is 0.341 e. The minimum absolute atomic E-state index is 0.177. The number of methoxy groups -OCH3 is 1. The van der Waals surface area contributed by atoms with E-state index in [1.54, 1.807) is 12.1 Å². The highest BCUT2D eigenvalue weighted by Gasteiger charge is 2.27. The highest BCUT2D eigenvalue weighted by atomic mass is 32.2. The number of hydrogen-bond acceptors (Lipinski definition) is 5. The minimum Gasteiger partial charge on any atom is -0.467 e. The quantitative estimate of drug-likeness (QED) is 0.711. The van der Waals surface area contributed by atoms with E-state index in [0.717, 1.165) is 12.1 Å². The van der Waals surface area contributed by atoms with Crippen molar-refractivity contribution >= 4 is 15.7 Å². The molecule has 0 bridgehead atoms. The highest BCUT2D eigenvalue weighted by molar-refractivity contribution is 7.91. The summed E-state index contributed by atoms with van der Waals surface area (Å²) >= 11 is 0. The number of benzene rings is 1. The van der Waals surface area contributed by atoms with Crippen molar-refractivity contribution < 1.29 is 31.1 Å². The normalized spacial score (nSPS) is 11.7. The topological polar surface area (TPSA) is 76.8 Å². The van der Waals surface area contributed by atoms with Crippen LogP contribution in [0.2, 0.25) is 0 Å². The van der Waals surface area contributed by atoms with E-state index in [4.69, 9.17) is 9.15 Å². The SMILES string of the molecule is COCCN(Cc1ccco1)C(=O)c1ccc(S(=O)(=O)C(F)F)cc1. The van der Waals surface area contributed by atoms with Crippen molar-refractivity contribution in [1.82, 2.24) is 4.90 Å². The Hall–Kier alpha value is -2.26. The first-order valence-corrected chi connectivity index (χ1v) is 8.83. The van der Waals surface area contributed by atoms with Crippen molar-refractivity contribution in [3.8, 4) is 0 Å². The third kappa shape index (κ3) is 4.64. The first kappa shape index (κ1) is 19.1. The molecule has 25 heavy (non-hydrogen) atoms. The predicted molar refractivity (Wildman–Crippen MR) is 85.0 cm³/mol. The number of carbonyl (C=O) groups is 1. The number of alkyl halides is 2. The Morgan fingerprint density at radius 2 is 1.92 bits per heavy atom. The number of carbonyl (C=O) groups excluding carboxylic acids is 1. The molecular formula is C16H17F2NO5S. The van der Waals surface area contributed by atoms with Gasteiger partial charge in [0.05, 0.1) is 24.3 Å². The number of halogens is 2. The molecule has 1 amide bonds. The molecule has 0 atom stereocenters. The average Bonchev–Trinajstić information content (AvgIpc) is 3.11. The van der Waals surface area contributed by atoms with Gasteiger partial charge in [-0.3, -0.25) is 4.79 Å². The van der Waals surface area contributed by atoms with Crippen LogP contribution >= 0.6 is 0 Å². The number of nitrogens with zero attached hydrogens (tertiary/aromatic N) is 1. The van der Waals surface area contributed by atoms with Crippen LogP contribution in [-0.2, 0) is 21.1 Å². The smallest absolute Gasteiger partial charge is 0.341 e. The summed E-state index contributed by atoms with van der Waals surface area (Å²) < 4.78 is 58.2. The molecule has 0 spiro atoms. The second kappa shape index (κ2) is 8.21. The molecule has 6 nitrogen and oxygen atoms in total. The fourth-order valence-electron chi connectivity index (χ4n) is 2.12. The molecule has 9 heteroatoms. The first-order valence-electron chi connectivity index (χ1n) is 7.29. The molecule has 0 saturated carbocycles. The van der Waals surface area contributed by atoms with Crippen molar-refractivity contribution in [3.05, 3.63) is 54.0 Å². The molecule has 0 aliphatic carbocycles. The lowest BCUT2D eigenvalue weighted by molar-refractivity contribution is 0.0666. The number of amides is 1. The van der Waals surface area contributed by atoms with Gasteiger partial charge in [0.25, 0.3) is 5.91 Å². The van der Waals surface area contributed by atoms with Crippen LogP contribution in [0.4, 0.5) is 8.78 Å². The molecule has 2 rings (SSSR count). The summed E-state index contributed by atoms with van der Waals surface area (Å²) in [7, 11) is -3.19. The maximum absolute atomic E-state index is 12.6. The van der Waals surface area contributed by atoms with Gasteiger partial charge in [-0.05, 0) is 36.4 Å². The number of furan rings is 1. The molecule has 0 aliphatic rings. The maximum atomic E-state index is 12.6. The van der Waals surface area contributed by atoms with Crippen LogP contribution in [0, 0.1) is 0 Å². The standard InChI is InChI=1S/C16H17F2NO5S/c1-23-10-8-19(11-13-3-2-9-24-13)15(20)12-4-6-14(7-5-12)25(21,22)16(17)18/h2-7,9,16H,8,10-11H2,1H3. The monoisotopic (exact) mass is 373 g/mol. The third-order valence-corrected chi connectivity index (χ3v) is 4.84. The van der Waals surface area contributed by atoms with Crippen LogP contribution in [0.5, 0.6) is 0 Å². The first-order chi connectivity index (χ1) is 11.9. The molecule has 2 aromatic rings. The van der Waals surface area contributed by atoms with E-state index in [9.17, 15) is 22.0 Å². The molecule has 1 heterocycles. The van der Waals surface area contributed by atoms with Crippen LogP contribution < -0.4 is 0 Å². The highest BCUT2D eigenvalue weighted by Crippen LogP contribution is 2.19. The zero-order valence-electron chi connectivity index (χ0n) is 13.4. The van der Waals surface area contributed by atoms with Crippen molar-refractivity contribution in [2.45, 2.75) is 17.2 Å². The Balaban J connectivity index is 2.20. The van der Waals surface area contributed by atoms with E-state index in [0.29, 0.717) is 12.4 Å². The van der Waals surface area contributed by atoms with E-state index < -0.39 is 26.4 Å². The van der Waals surface area contributed by atoms with Gasteiger partial charge in [0, 0.05) is 19.2 Å². The van der Waals surface area contributed by atoms with Gasteiger partial charge in [0.15, 0.2) is 0 Å². The number of hydrogen-bond donors (Lipinski definition) is 0. The lowest BCUT2D eigenvalue weighted by atomic mass is 10.2. The zero-order valence-corrected chi connectivity index (χ0v) is 14.2. The van der Waals surface area contributed by atoms with Crippen LogP contribution in [0.1, 0.15) is 16.1 Å². The van der Waals surface area contributed by atoms with Gasteiger partial charge >= 0.3 is 5.76 Å². The lowest BCUT2D eigenvalue weighted by Crippen LogP contribution is -2.33. The fourth-order valence-corrected chi connectivity index (χ4v) is 2.84. The lowest BCUT2D eigenvalue weighted by Gasteiger charge is -2.21. The average molecular weight is 373 g/mol. The van der Waals surface area contributed by atoms with Gasteiger partial charge in [-0.15, -0.1) is 0 Å². The van der Waals surface area contributed by atoms with Crippen LogP contribution in [0.25, 0.3) is 0 Å². The molecule has 1 aromatic carbocycles. The van der Waals surface area contributed by atoms with E-state index in [2.05, 4.69) is 0 Å². The van der Waals surface area contributed by atoms with Crippen molar-refractivity contribution in [3.63, 3.8) is 0 Å². The van der Waals surface area contributed by atoms with Crippen LogP contribution in [0.15, 0.2) is 52.0 Å². The molecule has 0 unspecified atom stereocenters. The largest absolute Gasteiger partial charge is 0.467 e. The van der Waals surface area contributed by atoms with Gasteiger partial charge in [-0.1, -0.05) is 0 Å². The molecule has 0 N–H and O–H groups in total. The Bertz CT molecular complexity index is 788. The molecular weight excluding hydrogens is 356 g/mol. The zero-order chi connectivity index (χ0) is 18.4. The van der Waals surface area contributed by atoms with Gasteiger partial charge in [-0.2, -0.15) is 8.78 Å². The van der Waals surface area contributed by atoms with Crippen LogP contribution in [-0.4, -0.2) is 45.2 Å². The van der Waals surface area contributed by atoms with Crippen molar-refractivity contribution in [1.29, 1.82) is 0 Å². The van der Waals surface area contributed by atoms with Gasteiger partial charge in [0.1, 0.15) is 5.76 Å². The number of sulfone groups is 1. The van der Waals surface area contributed by atoms with Gasteiger partial charge in [-0.25, -0.2) is 8.42 Å². The van der Waals surface area contributed by atoms with Crippen molar-refractivity contribution in [2.75, 3.05) is 20.3 Å². The van der Waals surface area contributed by atoms with Gasteiger partial charge < -0.3 is 14.1 Å². The number of rotatable bonds is 8. The van der Waals surface area contributed by atoms with E-state index >= 15 is 0 Å². The molecule has 0 aliphatic heterocycles. The van der Waals surface area contributed by atoms with Crippen LogP contribution in [0.3, 0.4) is 0 Å². The molecule has 0 fully saturated rings.